The smallest absolute Gasteiger partial charge is 0.277 e. The lowest BCUT2D eigenvalue weighted by Gasteiger charge is -2.01. The Morgan fingerprint density at radius 3 is 2.61 bits per heavy atom. The van der Waals surface area contributed by atoms with Crippen LogP contribution in [0.25, 0.3) is 11.3 Å². The van der Waals surface area contributed by atoms with Gasteiger partial charge in [-0.1, -0.05) is 17.3 Å². The van der Waals surface area contributed by atoms with E-state index in [9.17, 15) is 9.90 Å². The number of rotatable bonds is 3. The Balaban J connectivity index is 1.78. The average molecular weight is 305 g/mol. The van der Waals surface area contributed by atoms with Crippen molar-refractivity contribution in [1.82, 2.24) is 5.16 Å². The number of aromatic nitrogens is 1. The van der Waals surface area contributed by atoms with Crippen LogP contribution in [-0.2, 0) is 0 Å². The molecule has 1 aromatic heterocycles. The molecule has 0 aliphatic heterocycles. The number of nitrogens with one attached hydrogen (secondary N) is 1. The molecule has 6 nitrogen and oxygen atoms in total. The highest BCUT2D eigenvalue weighted by atomic mass is 16.5. The first kappa shape index (κ1) is 14.4. The third-order valence-corrected chi connectivity index (χ3v) is 3.18. The van der Waals surface area contributed by atoms with E-state index in [1.807, 2.05) is 6.07 Å². The van der Waals surface area contributed by atoms with Crippen LogP contribution in [0.2, 0.25) is 0 Å². The molecule has 3 rings (SSSR count). The van der Waals surface area contributed by atoms with E-state index < -0.39 is 5.91 Å². The summed E-state index contributed by atoms with van der Waals surface area (Å²) in [6.45, 7) is 0. The first-order valence-electron chi connectivity index (χ1n) is 6.74. The summed E-state index contributed by atoms with van der Waals surface area (Å²) in [4.78, 5) is 12.1. The van der Waals surface area contributed by atoms with Gasteiger partial charge in [0.2, 0.25) is 0 Å². The van der Waals surface area contributed by atoms with E-state index in [-0.39, 0.29) is 11.4 Å². The molecule has 0 saturated carbocycles. The first-order valence-corrected chi connectivity index (χ1v) is 6.74. The Morgan fingerprint density at radius 1 is 1.17 bits per heavy atom. The van der Waals surface area contributed by atoms with Crippen molar-refractivity contribution in [2.75, 3.05) is 5.32 Å². The molecule has 6 heteroatoms. The van der Waals surface area contributed by atoms with E-state index in [2.05, 4.69) is 10.5 Å². The van der Waals surface area contributed by atoms with Gasteiger partial charge in [0.1, 0.15) is 5.75 Å². The average Bonchev–Trinajstić information content (AvgIpc) is 3.06. The molecule has 0 unspecified atom stereocenters. The predicted octanol–water partition coefficient (Wildman–Crippen LogP) is 3.17. The molecule has 112 valence electrons. The fourth-order valence-electron chi connectivity index (χ4n) is 2.01. The van der Waals surface area contributed by atoms with E-state index in [1.54, 1.807) is 42.5 Å². The number of nitrogens with zero attached hydrogens (tertiary/aromatic N) is 2. The molecule has 1 heterocycles. The largest absolute Gasteiger partial charge is 0.507 e. The maximum absolute atomic E-state index is 12.1. The summed E-state index contributed by atoms with van der Waals surface area (Å²) in [5, 5.41) is 24.9. The summed E-state index contributed by atoms with van der Waals surface area (Å²) in [5.41, 5.74) is 1.59. The van der Waals surface area contributed by atoms with Crippen LogP contribution in [0.3, 0.4) is 0 Å². The monoisotopic (exact) mass is 305 g/mol. The summed E-state index contributed by atoms with van der Waals surface area (Å²) in [6.07, 6.45) is 0. The van der Waals surface area contributed by atoms with Gasteiger partial charge in [-0.3, -0.25) is 4.79 Å². The van der Waals surface area contributed by atoms with Gasteiger partial charge in [0.15, 0.2) is 11.5 Å². The number of phenolic OH excluding ortho intramolecular Hbond substituents is 1. The van der Waals surface area contributed by atoms with Crippen molar-refractivity contribution in [2.45, 2.75) is 0 Å². The fraction of sp³-hybridized carbons (Fsp3) is 0. The maximum atomic E-state index is 12.1. The number of carbonyl (C=O) groups excluding carboxylic acids is 1. The van der Waals surface area contributed by atoms with Crippen LogP contribution in [0.4, 0.5) is 5.69 Å². The van der Waals surface area contributed by atoms with Gasteiger partial charge in [0.25, 0.3) is 5.91 Å². The Kier molecular flexibility index (Phi) is 3.77. The molecule has 23 heavy (non-hydrogen) atoms. The minimum absolute atomic E-state index is 0.0442. The Bertz CT molecular complexity index is 892. The van der Waals surface area contributed by atoms with Crippen molar-refractivity contribution in [3.8, 4) is 23.1 Å². The predicted molar refractivity (Wildman–Crippen MR) is 82.7 cm³/mol. The Morgan fingerprint density at radius 2 is 1.91 bits per heavy atom. The second kappa shape index (κ2) is 6.03. The third-order valence-electron chi connectivity index (χ3n) is 3.18. The van der Waals surface area contributed by atoms with Gasteiger partial charge in [-0.2, -0.15) is 5.26 Å². The lowest BCUT2D eigenvalue weighted by Crippen LogP contribution is -2.12. The van der Waals surface area contributed by atoms with E-state index in [0.29, 0.717) is 22.6 Å². The molecule has 2 N–H and O–H groups in total. The zero-order valence-electron chi connectivity index (χ0n) is 11.9. The number of amides is 1. The highest BCUT2D eigenvalue weighted by Crippen LogP contribution is 2.29. The summed E-state index contributed by atoms with van der Waals surface area (Å²) in [5.74, 6) is -0.101. The molecule has 0 aliphatic rings. The fourth-order valence-corrected chi connectivity index (χ4v) is 2.01. The van der Waals surface area contributed by atoms with E-state index in [1.165, 1.54) is 12.1 Å². The highest BCUT2D eigenvalue weighted by molar-refractivity contribution is 6.03. The Hall–Kier alpha value is -3.59. The van der Waals surface area contributed by atoms with Crippen LogP contribution in [-0.4, -0.2) is 16.2 Å². The first-order chi connectivity index (χ1) is 11.2. The molecule has 0 atom stereocenters. The number of carbonyl (C=O) groups is 1. The van der Waals surface area contributed by atoms with E-state index in [0.717, 1.165) is 0 Å². The number of benzene rings is 2. The molecule has 0 fully saturated rings. The SMILES string of the molecule is N#Cc1ccc(NC(=O)c2cc(-c3ccccc3O)on2)cc1. The van der Waals surface area contributed by atoms with Gasteiger partial charge in [0, 0.05) is 11.8 Å². The van der Waals surface area contributed by atoms with Gasteiger partial charge in [0.05, 0.1) is 17.2 Å². The minimum Gasteiger partial charge on any atom is -0.507 e. The van der Waals surface area contributed by atoms with Crippen LogP contribution in [0, 0.1) is 11.3 Å². The molecular formula is C17H11N3O3. The van der Waals surface area contributed by atoms with Crippen LogP contribution in [0.15, 0.2) is 59.1 Å². The minimum atomic E-state index is -0.444. The quantitative estimate of drug-likeness (QED) is 0.774. The normalized spacial score (nSPS) is 10.0. The highest BCUT2D eigenvalue weighted by Gasteiger charge is 2.15. The molecule has 3 aromatic rings. The van der Waals surface area contributed by atoms with E-state index >= 15 is 0 Å². The standard InChI is InChI=1S/C17H11N3O3/c18-10-11-5-7-12(8-6-11)19-17(22)14-9-16(23-20-14)13-3-1-2-4-15(13)21/h1-9,21H,(H,19,22). The number of para-hydroxylation sites is 1. The molecule has 0 radical (unpaired) electrons. The van der Waals surface area contributed by atoms with Crippen molar-refractivity contribution < 1.29 is 14.4 Å². The number of hydrogen-bond donors (Lipinski definition) is 2. The zero-order valence-corrected chi connectivity index (χ0v) is 11.9. The topological polar surface area (TPSA) is 99.2 Å². The number of nitriles is 1. The number of aromatic hydroxyl groups is 1. The summed E-state index contributed by atoms with van der Waals surface area (Å²) >= 11 is 0. The van der Waals surface area contributed by atoms with Crippen LogP contribution >= 0.6 is 0 Å². The van der Waals surface area contributed by atoms with Gasteiger partial charge in [-0.05, 0) is 36.4 Å². The molecule has 0 bridgehead atoms. The third kappa shape index (κ3) is 3.04. The van der Waals surface area contributed by atoms with Crippen molar-refractivity contribution in [2.24, 2.45) is 0 Å². The Labute approximate surface area is 131 Å². The van der Waals surface area contributed by atoms with Crippen molar-refractivity contribution in [3.63, 3.8) is 0 Å². The van der Waals surface area contributed by atoms with Crippen molar-refractivity contribution in [1.29, 1.82) is 5.26 Å². The van der Waals surface area contributed by atoms with Gasteiger partial charge >= 0.3 is 0 Å². The van der Waals surface area contributed by atoms with E-state index in [4.69, 9.17) is 9.78 Å². The molecule has 0 saturated heterocycles. The zero-order chi connectivity index (χ0) is 16.2. The second-order valence-electron chi connectivity index (χ2n) is 4.74. The number of anilines is 1. The molecular weight excluding hydrogens is 294 g/mol. The molecule has 0 aliphatic carbocycles. The van der Waals surface area contributed by atoms with Crippen LogP contribution in [0.1, 0.15) is 16.1 Å². The van der Waals surface area contributed by atoms with Gasteiger partial charge in [-0.25, -0.2) is 0 Å². The maximum Gasteiger partial charge on any atom is 0.277 e. The summed E-state index contributed by atoms with van der Waals surface area (Å²) < 4.78 is 5.11. The molecule has 0 spiro atoms. The van der Waals surface area contributed by atoms with Gasteiger partial charge in [-0.15, -0.1) is 0 Å². The number of hydrogen-bond acceptors (Lipinski definition) is 5. The second-order valence-corrected chi connectivity index (χ2v) is 4.74. The van der Waals surface area contributed by atoms with Crippen molar-refractivity contribution >= 4 is 11.6 Å². The summed E-state index contributed by atoms with van der Waals surface area (Å²) in [6, 6.07) is 16.5. The van der Waals surface area contributed by atoms with Crippen molar-refractivity contribution in [3.05, 3.63) is 65.9 Å². The van der Waals surface area contributed by atoms with Gasteiger partial charge < -0.3 is 14.9 Å². The number of phenols is 1. The lowest BCUT2D eigenvalue weighted by atomic mass is 10.1. The van der Waals surface area contributed by atoms with Crippen LogP contribution in [0.5, 0.6) is 5.75 Å². The molecule has 2 aromatic carbocycles. The lowest BCUT2D eigenvalue weighted by molar-refractivity contribution is 0.101. The summed E-state index contributed by atoms with van der Waals surface area (Å²) in [7, 11) is 0. The van der Waals surface area contributed by atoms with Crippen LogP contribution < -0.4 is 5.32 Å². The molecule has 1 amide bonds.